The molecule has 3 N–H and O–H groups in total. The van der Waals surface area contributed by atoms with Crippen LogP contribution in [0, 0.1) is 0 Å². The van der Waals surface area contributed by atoms with Crippen LogP contribution >= 0.6 is 0 Å². The van der Waals surface area contributed by atoms with Gasteiger partial charge in [-0.15, -0.1) is 0 Å². The summed E-state index contributed by atoms with van der Waals surface area (Å²) in [7, 11) is 0. The van der Waals surface area contributed by atoms with Gasteiger partial charge in [-0.3, -0.25) is 4.79 Å². The molecule has 5 heteroatoms. The molecule has 0 spiro atoms. The number of carbonyl (C=O) groups is 2. The fourth-order valence-electron chi connectivity index (χ4n) is 3.84. The highest BCUT2D eigenvalue weighted by Crippen LogP contribution is 2.22. The molecule has 176 valence electrons. The topological polar surface area (TPSA) is 86.6 Å². The maximum atomic E-state index is 12.0. The molecule has 1 aromatic carbocycles. The lowest BCUT2D eigenvalue weighted by molar-refractivity contribution is -0.116. The van der Waals surface area contributed by atoms with Crippen LogP contribution in [0.4, 0.5) is 5.69 Å². The van der Waals surface area contributed by atoms with E-state index in [4.69, 9.17) is 5.11 Å². The second-order valence-electron chi connectivity index (χ2n) is 8.64. The van der Waals surface area contributed by atoms with E-state index in [2.05, 4.69) is 12.2 Å². The minimum absolute atomic E-state index is 0.118. The van der Waals surface area contributed by atoms with Crippen molar-refractivity contribution in [2.45, 2.75) is 116 Å². The standard InChI is InChI=1S/C26H43NO4/c1-2-3-4-5-6-7-8-9-10-11-12-13-14-15-16-17-18-25(29)27-22-19-20-24(28)23(21-22)26(30)31/h19-21,28H,2-18H2,1H3,(H,27,29)(H,30,31). The minimum Gasteiger partial charge on any atom is -0.507 e. The quantitative estimate of drug-likeness (QED) is 0.154. The zero-order chi connectivity index (χ0) is 22.7. The highest BCUT2D eigenvalue weighted by Gasteiger charge is 2.11. The number of hydrogen-bond acceptors (Lipinski definition) is 3. The first-order chi connectivity index (χ1) is 15.0. The number of amides is 1. The van der Waals surface area contributed by atoms with Crippen LogP contribution in [-0.2, 0) is 4.79 Å². The SMILES string of the molecule is CCCCCCCCCCCCCCCCCCC(=O)Nc1ccc(O)c(C(=O)O)c1. The third-order valence-electron chi connectivity index (χ3n) is 5.77. The van der Waals surface area contributed by atoms with Gasteiger partial charge in [0.25, 0.3) is 0 Å². The lowest BCUT2D eigenvalue weighted by atomic mass is 10.0. The number of aromatic carboxylic acids is 1. The summed E-state index contributed by atoms with van der Waals surface area (Å²) in [4.78, 5) is 23.0. The molecule has 1 amide bonds. The van der Waals surface area contributed by atoms with Crippen molar-refractivity contribution in [3.05, 3.63) is 23.8 Å². The fourth-order valence-corrected chi connectivity index (χ4v) is 3.84. The minimum atomic E-state index is -1.22. The van der Waals surface area contributed by atoms with Crippen LogP contribution in [0.15, 0.2) is 18.2 Å². The number of benzene rings is 1. The van der Waals surface area contributed by atoms with Gasteiger partial charge in [-0.2, -0.15) is 0 Å². The van der Waals surface area contributed by atoms with Crippen LogP contribution in [0.2, 0.25) is 0 Å². The first kappa shape index (κ1) is 27.0. The molecule has 31 heavy (non-hydrogen) atoms. The Kier molecular flexibility index (Phi) is 15.3. The molecule has 0 radical (unpaired) electrons. The second-order valence-corrected chi connectivity index (χ2v) is 8.64. The first-order valence-electron chi connectivity index (χ1n) is 12.4. The van der Waals surface area contributed by atoms with Crippen LogP contribution in [-0.4, -0.2) is 22.1 Å². The predicted molar refractivity (Wildman–Crippen MR) is 128 cm³/mol. The molecule has 0 aliphatic rings. The number of carboxylic acid groups (broad SMARTS) is 1. The van der Waals surface area contributed by atoms with Gasteiger partial charge < -0.3 is 15.5 Å². The van der Waals surface area contributed by atoms with Gasteiger partial charge >= 0.3 is 5.97 Å². The number of hydrogen-bond donors (Lipinski definition) is 3. The van der Waals surface area contributed by atoms with E-state index in [0.717, 1.165) is 19.3 Å². The van der Waals surface area contributed by atoms with Crippen LogP contribution in [0.25, 0.3) is 0 Å². The van der Waals surface area contributed by atoms with Gasteiger partial charge in [-0.25, -0.2) is 4.79 Å². The Bertz CT molecular complexity index is 630. The molecule has 0 unspecified atom stereocenters. The summed E-state index contributed by atoms with van der Waals surface area (Å²) in [5, 5.41) is 21.2. The van der Waals surface area contributed by atoms with Crippen molar-refractivity contribution in [3.63, 3.8) is 0 Å². The molecule has 0 heterocycles. The predicted octanol–water partition coefficient (Wildman–Crippen LogP) is 7.68. The molecular weight excluding hydrogens is 390 g/mol. The molecule has 0 saturated carbocycles. The first-order valence-corrected chi connectivity index (χ1v) is 12.4. The highest BCUT2D eigenvalue weighted by molar-refractivity contribution is 5.95. The lowest BCUT2D eigenvalue weighted by Gasteiger charge is -2.07. The molecular formula is C26H43NO4. The smallest absolute Gasteiger partial charge is 0.339 e. The van der Waals surface area contributed by atoms with Crippen molar-refractivity contribution in [2.24, 2.45) is 0 Å². The molecule has 0 aliphatic carbocycles. The largest absolute Gasteiger partial charge is 0.507 e. The van der Waals surface area contributed by atoms with Crippen molar-refractivity contribution >= 4 is 17.6 Å². The Morgan fingerprint density at radius 1 is 0.742 bits per heavy atom. The zero-order valence-electron chi connectivity index (χ0n) is 19.5. The van der Waals surface area contributed by atoms with E-state index in [1.165, 1.54) is 102 Å². The maximum absolute atomic E-state index is 12.0. The van der Waals surface area contributed by atoms with Crippen molar-refractivity contribution in [2.75, 3.05) is 5.32 Å². The van der Waals surface area contributed by atoms with E-state index >= 15 is 0 Å². The normalized spacial score (nSPS) is 10.9. The number of carbonyl (C=O) groups excluding carboxylic acids is 1. The summed E-state index contributed by atoms with van der Waals surface area (Å²) in [5.41, 5.74) is 0.192. The van der Waals surface area contributed by atoms with Crippen LogP contribution in [0.5, 0.6) is 5.75 Å². The van der Waals surface area contributed by atoms with Gasteiger partial charge in [0.1, 0.15) is 11.3 Å². The number of carboxylic acids is 1. The van der Waals surface area contributed by atoms with Crippen molar-refractivity contribution in [1.29, 1.82) is 0 Å². The molecule has 0 fully saturated rings. The number of nitrogens with one attached hydrogen (secondary N) is 1. The Labute approximate surface area is 188 Å². The van der Waals surface area contributed by atoms with Crippen molar-refractivity contribution < 1.29 is 19.8 Å². The van der Waals surface area contributed by atoms with E-state index in [1.807, 2.05) is 0 Å². The van der Waals surface area contributed by atoms with Crippen LogP contribution < -0.4 is 5.32 Å². The lowest BCUT2D eigenvalue weighted by Crippen LogP contribution is -2.11. The van der Waals surface area contributed by atoms with E-state index in [-0.39, 0.29) is 17.2 Å². The van der Waals surface area contributed by atoms with Gasteiger partial charge in [0.15, 0.2) is 0 Å². The Hall–Kier alpha value is -2.04. The Balaban J connectivity index is 1.92. The second kappa shape index (κ2) is 17.6. The van der Waals surface area contributed by atoms with Gasteiger partial charge in [0, 0.05) is 12.1 Å². The zero-order valence-corrected chi connectivity index (χ0v) is 19.5. The van der Waals surface area contributed by atoms with Crippen LogP contribution in [0.3, 0.4) is 0 Å². The molecule has 0 saturated heterocycles. The number of phenols is 1. The maximum Gasteiger partial charge on any atom is 0.339 e. The van der Waals surface area contributed by atoms with Crippen molar-refractivity contribution in [3.8, 4) is 5.75 Å². The van der Waals surface area contributed by atoms with Crippen molar-refractivity contribution in [1.82, 2.24) is 0 Å². The molecule has 0 aromatic heterocycles. The van der Waals surface area contributed by atoms with E-state index in [0.29, 0.717) is 12.1 Å². The molecule has 0 aliphatic heterocycles. The third-order valence-corrected chi connectivity index (χ3v) is 5.77. The molecule has 0 bridgehead atoms. The number of unbranched alkanes of at least 4 members (excludes halogenated alkanes) is 15. The average molecular weight is 434 g/mol. The summed E-state index contributed by atoms with van der Waals surface area (Å²) in [6.07, 6.45) is 21.2. The van der Waals surface area contributed by atoms with E-state index in [1.54, 1.807) is 0 Å². The fraction of sp³-hybridized carbons (Fsp3) is 0.692. The molecule has 1 rings (SSSR count). The summed E-state index contributed by atoms with van der Waals surface area (Å²) < 4.78 is 0. The van der Waals surface area contributed by atoms with Gasteiger partial charge in [0.05, 0.1) is 0 Å². The van der Waals surface area contributed by atoms with Crippen LogP contribution in [0.1, 0.15) is 126 Å². The Morgan fingerprint density at radius 2 is 1.19 bits per heavy atom. The van der Waals surface area contributed by atoms with E-state index in [9.17, 15) is 14.7 Å². The summed E-state index contributed by atoms with van der Waals surface area (Å²) >= 11 is 0. The Morgan fingerprint density at radius 3 is 1.65 bits per heavy atom. The molecule has 5 nitrogen and oxygen atoms in total. The number of rotatable bonds is 19. The summed E-state index contributed by atoms with van der Waals surface area (Å²) in [6, 6.07) is 4.07. The monoisotopic (exact) mass is 433 g/mol. The average Bonchev–Trinajstić information content (AvgIpc) is 2.74. The number of anilines is 1. The third kappa shape index (κ3) is 13.8. The van der Waals surface area contributed by atoms with Gasteiger partial charge in [-0.1, -0.05) is 103 Å². The molecule has 0 atom stereocenters. The summed E-state index contributed by atoms with van der Waals surface area (Å²) in [5.74, 6) is -1.64. The highest BCUT2D eigenvalue weighted by atomic mass is 16.4. The van der Waals surface area contributed by atoms with Gasteiger partial charge in [-0.05, 0) is 24.6 Å². The molecule has 1 aromatic rings. The summed E-state index contributed by atoms with van der Waals surface area (Å²) in [6.45, 7) is 2.26. The van der Waals surface area contributed by atoms with Gasteiger partial charge in [0.2, 0.25) is 5.91 Å². The van der Waals surface area contributed by atoms with E-state index < -0.39 is 5.97 Å². The number of aromatic hydroxyl groups is 1.